The van der Waals surface area contributed by atoms with Gasteiger partial charge in [0.1, 0.15) is 0 Å². The van der Waals surface area contributed by atoms with Crippen molar-refractivity contribution >= 4 is 11.8 Å². The van der Waals surface area contributed by atoms with Crippen molar-refractivity contribution in [3.8, 4) is 0 Å². The van der Waals surface area contributed by atoms with Gasteiger partial charge in [-0.3, -0.25) is 0 Å². The van der Waals surface area contributed by atoms with E-state index in [-0.39, 0.29) is 6.04 Å². The van der Waals surface area contributed by atoms with Crippen LogP contribution < -0.4 is 5.73 Å². The second-order valence-corrected chi connectivity index (χ2v) is 6.15. The summed E-state index contributed by atoms with van der Waals surface area (Å²) in [6, 6.07) is 19.2. The van der Waals surface area contributed by atoms with Gasteiger partial charge >= 0.3 is 0 Å². The Kier molecular flexibility index (Phi) is 5.06. The minimum atomic E-state index is 0.0893. The maximum absolute atomic E-state index is 6.25. The first-order valence-electron chi connectivity index (χ1n) is 6.70. The Morgan fingerprint density at radius 3 is 2.05 bits per heavy atom. The van der Waals surface area contributed by atoms with Crippen LogP contribution in [0.1, 0.15) is 36.9 Å². The second-order valence-electron chi connectivity index (χ2n) is 5.05. The molecule has 0 fully saturated rings. The lowest BCUT2D eigenvalue weighted by molar-refractivity contribution is 0.822. The molecule has 100 valence electrons. The molecule has 0 amide bonds. The third-order valence-corrected chi connectivity index (χ3v) is 4.34. The van der Waals surface area contributed by atoms with Gasteiger partial charge in [-0.2, -0.15) is 0 Å². The summed E-state index contributed by atoms with van der Waals surface area (Å²) in [7, 11) is 0. The lowest BCUT2D eigenvalue weighted by atomic mass is 10.00. The van der Waals surface area contributed by atoms with Crippen LogP contribution in [0.15, 0.2) is 59.5 Å². The number of rotatable bonds is 5. The Balaban J connectivity index is 1.94. The van der Waals surface area contributed by atoms with Crippen molar-refractivity contribution in [2.75, 3.05) is 5.75 Å². The molecule has 0 aliphatic carbocycles. The van der Waals surface area contributed by atoms with Crippen LogP contribution in [0.4, 0.5) is 0 Å². The summed E-state index contributed by atoms with van der Waals surface area (Å²) in [4.78, 5) is 1.27. The number of benzene rings is 2. The summed E-state index contributed by atoms with van der Waals surface area (Å²) >= 11 is 1.81. The summed E-state index contributed by atoms with van der Waals surface area (Å²) in [5, 5.41) is 0. The van der Waals surface area contributed by atoms with Crippen molar-refractivity contribution in [1.29, 1.82) is 0 Å². The first kappa shape index (κ1) is 14.2. The molecule has 0 spiro atoms. The number of hydrogen-bond acceptors (Lipinski definition) is 2. The lowest BCUT2D eigenvalue weighted by Crippen LogP contribution is -2.12. The molecule has 2 heteroatoms. The molecule has 0 radical (unpaired) electrons. The van der Waals surface area contributed by atoms with Crippen molar-refractivity contribution in [2.24, 2.45) is 5.73 Å². The first-order valence-corrected chi connectivity index (χ1v) is 7.68. The predicted octanol–water partition coefficient (Wildman–Crippen LogP) is 4.60. The van der Waals surface area contributed by atoms with E-state index in [2.05, 4.69) is 62.4 Å². The molecule has 2 N–H and O–H groups in total. The van der Waals surface area contributed by atoms with Crippen molar-refractivity contribution in [3.05, 3.63) is 65.7 Å². The molecule has 1 atom stereocenters. The highest BCUT2D eigenvalue weighted by Gasteiger charge is 2.07. The molecular formula is C17H21NS. The minimum absolute atomic E-state index is 0.0893. The van der Waals surface area contributed by atoms with Gasteiger partial charge in [0.2, 0.25) is 0 Å². The Hall–Kier alpha value is -1.25. The maximum Gasteiger partial charge on any atom is 0.0390 e. The van der Waals surface area contributed by atoms with Gasteiger partial charge in [-0.15, -0.1) is 11.8 Å². The predicted molar refractivity (Wildman–Crippen MR) is 84.6 cm³/mol. The SMILES string of the molecule is CC(C)c1ccc(C(N)CSc2ccccc2)cc1. The second kappa shape index (κ2) is 6.78. The molecule has 2 aromatic carbocycles. The van der Waals surface area contributed by atoms with Gasteiger partial charge in [0, 0.05) is 16.7 Å². The molecule has 0 aliphatic rings. The average Bonchev–Trinajstić information content (AvgIpc) is 2.46. The Labute approximate surface area is 120 Å². The summed E-state index contributed by atoms with van der Waals surface area (Å²) in [5.41, 5.74) is 8.83. The molecule has 0 bridgehead atoms. The molecule has 0 heterocycles. The summed E-state index contributed by atoms with van der Waals surface area (Å²) in [6.45, 7) is 4.42. The van der Waals surface area contributed by atoms with E-state index in [0.717, 1.165) is 5.75 Å². The van der Waals surface area contributed by atoms with Crippen molar-refractivity contribution < 1.29 is 0 Å². The normalized spacial score (nSPS) is 12.6. The molecule has 2 rings (SSSR count). The molecule has 2 aromatic rings. The van der Waals surface area contributed by atoms with E-state index < -0.39 is 0 Å². The quantitative estimate of drug-likeness (QED) is 0.804. The third-order valence-electron chi connectivity index (χ3n) is 3.20. The van der Waals surface area contributed by atoms with Gasteiger partial charge in [0.15, 0.2) is 0 Å². The molecule has 19 heavy (non-hydrogen) atoms. The van der Waals surface area contributed by atoms with E-state index in [1.54, 1.807) is 0 Å². The van der Waals surface area contributed by atoms with E-state index in [1.165, 1.54) is 16.0 Å². The molecule has 1 nitrogen and oxygen atoms in total. The van der Waals surface area contributed by atoms with E-state index in [4.69, 9.17) is 5.73 Å². The first-order chi connectivity index (χ1) is 9.16. The van der Waals surface area contributed by atoms with Crippen LogP contribution in [-0.2, 0) is 0 Å². The summed E-state index contributed by atoms with van der Waals surface area (Å²) < 4.78 is 0. The fourth-order valence-corrected chi connectivity index (χ4v) is 2.84. The standard InChI is InChI=1S/C17H21NS/c1-13(2)14-8-10-15(11-9-14)17(18)12-19-16-6-4-3-5-7-16/h3-11,13,17H,12,18H2,1-2H3. The fourth-order valence-electron chi connectivity index (χ4n) is 1.93. The highest BCUT2D eigenvalue weighted by atomic mass is 32.2. The number of hydrogen-bond donors (Lipinski definition) is 1. The van der Waals surface area contributed by atoms with Crippen LogP contribution in [0.3, 0.4) is 0 Å². The van der Waals surface area contributed by atoms with Crippen LogP contribution in [-0.4, -0.2) is 5.75 Å². The molecule has 0 saturated heterocycles. The molecular weight excluding hydrogens is 250 g/mol. The third kappa shape index (κ3) is 4.12. The van der Waals surface area contributed by atoms with Crippen molar-refractivity contribution in [1.82, 2.24) is 0 Å². The fraction of sp³-hybridized carbons (Fsp3) is 0.294. The average molecular weight is 271 g/mol. The Bertz CT molecular complexity index is 490. The zero-order chi connectivity index (χ0) is 13.7. The molecule has 1 unspecified atom stereocenters. The maximum atomic E-state index is 6.25. The highest BCUT2D eigenvalue weighted by Crippen LogP contribution is 2.24. The zero-order valence-electron chi connectivity index (χ0n) is 11.5. The minimum Gasteiger partial charge on any atom is -0.323 e. The largest absolute Gasteiger partial charge is 0.323 e. The monoisotopic (exact) mass is 271 g/mol. The van der Waals surface area contributed by atoms with Gasteiger partial charge in [0.05, 0.1) is 0 Å². The number of nitrogens with two attached hydrogens (primary N) is 1. The Morgan fingerprint density at radius 2 is 1.47 bits per heavy atom. The smallest absolute Gasteiger partial charge is 0.0390 e. The topological polar surface area (TPSA) is 26.0 Å². The molecule has 0 saturated carbocycles. The van der Waals surface area contributed by atoms with E-state index in [1.807, 2.05) is 17.8 Å². The van der Waals surface area contributed by atoms with Crippen LogP contribution in [0.5, 0.6) is 0 Å². The zero-order valence-corrected chi connectivity index (χ0v) is 12.4. The Morgan fingerprint density at radius 1 is 0.895 bits per heavy atom. The van der Waals surface area contributed by atoms with Gasteiger partial charge in [-0.1, -0.05) is 56.3 Å². The highest BCUT2D eigenvalue weighted by molar-refractivity contribution is 7.99. The number of thioether (sulfide) groups is 1. The van der Waals surface area contributed by atoms with E-state index in [0.29, 0.717) is 5.92 Å². The van der Waals surface area contributed by atoms with Gasteiger partial charge in [0.25, 0.3) is 0 Å². The van der Waals surface area contributed by atoms with Crippen LogP contribution in [0, 0.1) is 0 Å². The van der Waals surface area contributed by atoms with Crippen LogP contribution >= 0.6 is 11.8 Å². The van der Waals surface area contributed by atoms with Crippen LogP contribution in [0.2, 0.25) is 0 Å². The summed E-state index contributed by atoms with van der Waals surface area (Å²) in [5.74, 6) is 1.48. The molecule has 0 aromatic heterocycles. The molecule has 0 aliphatic heterocycles. The van der Waals surface area contributed by atoms with E-state index >= 15 is 0 Å². The van der Waals surface area contributed by atoms with Crippen molar-refractivity contribution in [2.45, 2.75) is 30.7 Å². The van der Waals surface area contributed by atoms with Crippen LogP contribution in [0.25, 0.3) is 0 Å². The summed E-state index contributed by atoms with van der Waals surface area (Å²) in [6.07, 6.45) is 0. The van der Waals surface area contributed by atoms with Gasteiger partial charge < -0.3 is 5.73 Å². The van der Waals surface area contributed by atoms with Gasteiger partial charge in [-0.25, -0.2) is 0 Å². The lowest BCUT2D eigenvalue weighted by Gasteiger charge is -2.13. The van der Waals surface area contributed by atoms with Gasteiger partial charge in [-0.05, 0) is 29.2 Å². The van der Waals surface area contributed by atoms with E-state index in [9.17, 15) is 0 Å². The van der Waals surface area contributed by atoms with Crippen molar-refractivity contribution in [3.63, 3.8) is 0 Å².